The number of nitrogens with zero attached hydrogens (tertiary/aromatic N) is 1. The number of amides is 2. The van der Waals surface area contributed by atoms with Gasteiger partial charge in [0.05, 0.1) is 0 Å². The zero-order valence-electron chi connectivity index (χ0n) is 16.3. The van der Waals surface area contributed by atoms with E-state index in [0.29, 0.717) is 11.3 Å². The fraction of sp³-hybridized carbons (Fsp3) is 0.174. The first kappa shape index (κ1) is 20.1. The van der Waals surface area contributed by atoms with Crippen molar-refractivity contribution in [3.8, 4) is 0 Å². The van der Waals surface area contributed by atoms with Gasteiger partial charge in [0.25, 0.3) is 11.8 Å². The number of hydrogen-bond acceptors (Lipinski definition) is 4. The maximum atomic E-state index is 12.4. The van der Waals surface area contributed by atoms with Crippen molar-refractivity contribution in [1.82, 2.24) is 5.32 Å². The maximum absolute atomic E-state index is 12.4. The van der Waals surface area contributed by atoms with Gasteiger partial charge in [-0.25, -0.2) is 0 Å². The second kappa shape index (κ2) is 9.01. The molecule has 3 aromatic rings. The number of carbonyl (C=O) groups is 3. The van der Waals surface area contributed by atoms with E-state index in [-0.39, 0.29) is 18.4 Å². The van der Waals surface area contributed by atoms with E-state index in [4.69, 9.17) is 4.74 Å². The molecule has 0 unspecified atom stereocenters. The number of benzene rings is 3. The van der Waals surface area contributed by atoms with Crippen molar-refractivity contribution in [2.75, 3.05) is 18.5 Å². The van der Waals surface area contributed by atoms with Crippen LogP contribution in [-0.4, -0.2) is 37.5 Å². The number of ether oxygens (including phenoxy) is 1. The summed E-state index contributed by atoms with van der Waals surface area (Å²) in [5.74, 6) is -1.42. The van der Waals surface area contributed by atoms with Gasteiger partial charge in [-0.2, -0.15) is 0 Å². The average Bonchev–Trinajstić information content (AvgIpc) is 2.76. The Morgan fingerprint density at radius 2 is 1.59 bits per heavy atom. The highest BCUT2D eigenvalue weighted by Crippen LogP contribution is 2.16. The topological polar surface area (TPSA) is 75.7 Å². The van der Waals surface area contributed by atoms with Gasteiger partial charge in [0, 0.05) is 18.3 Å². The minimum atomic E-state index is -0.967. The van der Waals surface area contributed by atoms with Crippen LogP contribution in [0.1, 0.15) is 17.3 Å². The molecule has 0 saturated heterocycles. The predicted octanol–water partition coefficient (Wildman–Crippen LogP) is 3.16. The van der Waals surface area contributed by atoms with E-state index >= 15 is 0 Å². The SMILES string of the molecule is C[C@H](OC(=O)CNC(=O)c1ccc2ccccc2c1)C(=O)N(C)c1ccccc1. The van der Waals surface area contributed by atoms with Gasteiger partial charge in [0.15, 0.2) is 6.10 Å². The molecule has 0 bridgehead atoms. The Hall–Kier alpha value is -3.67. The summed E-state index contributed by atoms with van der Waals surface area (Å²) in [5, 5.41) is 4.49. The van der Waals surface area contributed by atoms with Crippen molar-refractivity contribution in [1.29, 1.82) is 0 Å². The minimum absolute atomic E-state index is 0.321. The smallest absolute Gasteiger partial charge is 0.326 e. The van der Waals surface area contributed by atoms with E-state index in [2.05, 4.69) is 5.32 Å². The summed E-state index contributed by atoms with van der Waals surface area (Å²) in [7, 11) is 1.61. The van der Waals surface area contributed by atoms with E-state index in [0.717, 1.165) is 10.8 Å². The summed E-state index contributed by atoms with van der Waals surface area (Å²) in [6.07, 6.45) is -0.967. The number of nitrogens with one attached hydrogen (secondary N) is 1. The number of hydrogen-bond donors (Lipinski definition) is 1. The molecule has 148 valence electrons. The monoisotopic (exact) mass is 390 g/mol. The molecule has 0 aliphatic heterocycles. The number of esters is 1. The summed E-state index contributed by atoms with van der Waals surface area (Å²) < 4.78 is 5.17. The Morgan fingerprint density at radius 3 is 2.31 bits per heavy atom. The van der Waals surface area contributed by atoms with Gasteiger partial charge in [0.1, 0.15) is 6.54 Å². The normalized spacial score (nSPS) is 11.5. The number of carbonyl (C=O) groups excluding carboxylic acids is 3. The Bertz CT molecular complexity index is 1030. The fourth-order valence-electron chi connectivity index (χ4n) is 2.93. The lowest BCUT2D eigenvalue weighted by Gasteiger charge is -2.21. The van der Waals surface area contributed by atoms with Gasteiger partial charge in [-0.15, -0.1) is 0 Å². The van der Waals surface area contributed by atoms with Crippen LogP contribution in [0.4, 0.5) is 5.69 Å². The molecule has 0 heterocycles. The number of anilines is 1. The number of likely N-dealkylation sites (N-methyl/N-ethyl adjacent to an activating group) is 1. The van der Waals surface area contributed by atoms with Crippen LogP contribution in [0.15, 0.2) is 72.8 Å². The van der Waals surface area contributed by atoms with Crippen LogP contribution in [0.25, 0.3) is 10.8 Å². The van der Waals surface area contributed by atoms with Gasteiger partial charge in [-0.05, 0) is 42.0 Å². The van der Waals surface area contributed by atoms with Gasteiger partial charge < -0.3 is 15.0 Å². The van der Waals surface area contributed by atoms with E-state index in [9.17, 15) is 14.4 Å². The van der Waals surface area contributed by atoms with E-state index < -0.39 is 12.1 Å². The summed E-state index contributed by atoms with van der Waals surface area (Å²) >= 11 is 0. The quantitative estimate of drug-likeness (QED) is 0.656. The zero-order chi connectivity index (χ0) is 20.8. The first-order valence-corrected chi connectivity index (χ1v) is 9.25. The molecule has 0 fully saturated rings. The van der Waals surface area contributed by atoms with E-state index in [1.807, 2.05) is 48.5 Å². The zero-order valence-corrected chi connectivity index (χ0v) is 16.3. The second-order valence-electron chi connectivity index (χ2n) is 6.61. The average molecular weight is 390 g/mol. The molecule has 3 aromatic carbocycles. The molecule has 0 aliphatic carbocycles. The molecule has 29 heavy (non-hydrogen) atoms. The van der Waals surface area contributed by atoms with Crippen molar-refractivity contribution in [3.05, 3.63) is 78.4 Å². The largest absolute Gasteiger partial charge is 0.451 e. The molecule has 0 saturated carbocycles. The van der Waals surface area contributed by atoms with Crippen LogP contribution < -0.4 is 10.2 Å². The first-order chi connectivity index (χ1) is 14.0. The molecular formula is C23H22N2O4. The van der Waals surface area contributed by atoms with Crippen LogP contribution >= 0.6 is 0 Å². The molecule has 6 nitrogen and oxygen atoms in total. The van der Waals surface area contributed by atoms with Crippen LogP contribution in [0.3, 0.4) is 0 Å². The molecule has 6 heteroatoms. The lowest BCUT2D eigenvalue weighted by molar-refractivity contribution is -0.152. The molecule has 2 amide bonds. The third-order valence-electron chi connectivity index (χ3n) is 4.53. The Balaban J connectivity index is 1.53. The summed E-state index contributed by atoms with van der Waals surface area (Å²) in [6, 6.07) is 22.1. The summed E-state index contributed by atoms with van der Waals surface area (Å²) in [6.45, 7) is 1.18. The van der Waals surface area contributed by atoms with Crippen molar-refractivity contribution >= 4 is 34.2 Å². The van der Waals surface area contributed by atoms with Crippen LogP contribution in [0.5, 0.6) is 0 Å². The van der Waals surface area contributed by atoms with E-state index in [1.165, 1.54) is 11.8 Å². The molecule has 1 atom stereocenters. The Kier molecular flexibility index (Phi) is 6.24. The molecule has 0 aromatic heterocycles. The Labute approximate surface area is 169 Å². The lowest BCUT2D eigenvalue weighted by Crippen LogP contribution is -2.39. The highest BCUT2D eigenvalue weighted by Gasteiger charge is 2.22. The van der Waals surface area contributed by atoms with Crippen molar-refractivity contribution in [2.45, 2.75) is 13.0 Å². The minimum Gasteiger partial charge on any atom is -0.451 e. The fourth-order valence-corrected chi connectivity index (χ4v) is 2.93. The van der Waals surface area contributed by atoms with Crippen LogP contribution in [-0.2, 0) is 14.3 Å². The number of rotatable bonds is 6. The Morgan fingerprint density at radius 1 is 0.931 bits per heavy atom. The molecular weight excluding hydrogens is 368 g/mol. The van der Waals surface area contributed by atoms with Crippen molar-refractivity contribution in [3.63, 3.8) is 0 Å². The third kappa shape index (κ3) is 4.99. The second-order valence-corrected chi connectivity index (χ2v) is 6.61. The highest BCUT2D eigenvalue weighted by atomic mass is 16.5. The maximum Gasteiger partial charge on any atom is 0.326 e. The molecule has 0 radical (unpaired) electrons. The lowest BCUT2D eigenvalue weighted by atomic mass is 10.1. The van der Waals surface area contributed by atoms with Crippen LogP contribution in [0, 0.1) is 0 Å². The number of fused-ring (bicyclic) bond motifs is 1. The molecule has 0 aliphatic rings. The van der Waals surface area contributed by atoms with Crippen molar-refractivity contribution in [2.24, 2.45) is 0 Å². The third-order valence-corrected chi connectivity index (χ3v) is 4.53. The van der Waals surface area contributed by atoms with Gasteiger partial charge in [0.2, 0.25) is 0 Å². The highest BCUT2D eigenvalue weighted by molar-refractivity contribution is 6.00. The standard InChI is InChI=1S/C23H22N2O4/c1-16(23(28)25(2)20-10-4-3-5-11-20)29-21(26)15-24-22(27)19-13-12-17-8-6-7-9-18(17)14-19/h3-14,16H,15H2,1-2H3,(H,24,27)/t16-/m0/s1. The summed E-state index contributed by atoms with van der Waals surface area (Å²) in [5.41, 5.74) is 1.15. The molecule has 3 rings (SSSR count). The van der Waals surface area contributed by atoms with Gasteiger partial charge in [-0.3, -0.25) is 14.4 Å². The van der Waals surface area contributed by atoms with Gasteiger partial charge >= 0.3 is 5.97 Å². The predicted molar refractivity (Wildman–Crippen MR) is 112 cm³/mol. The van der Waals surface area contributed by atoms with Crippen LogP contribution in [0.2, 0.25) is 0 Å². The number of para-hydroxylation sites is 1. The first-order valence-electron chi connectivity index (χ1n) is 9.25. The molecule has 0 spiro atoms. The van der Waals surface area contributed by atoms with E-state index in [1.54, 1.807) is 31.3 Å². The molecule has 1 N–H and O–H groups in total. The van der Waals surface area contributed by atoms with Gasteiger partial charge in [-0.1, -0.05) is 48.5 Å². The van der Waals surface area contributed by atoms with Crippen molar-refractivity contribution < 1.29 is 19.1 Å². The summed E-state index contributed by atoms with van der Waals surface area (Å²) in [4.78, 5) is 38.2.